The van der Waals surface area contributed by atoms with E-state index in [2.05, 4.69) is 62.5 Å². The lowest BCUT2D eigenvalue weighted by molar-refractivity contribution is 0.706. The van der Waals surface area contributed by atoms with Crippen molar-refractivity contribution in [3.8, 4) is 0 Å². The average Bonchev–Trinajstić information content (AvgIpc) is 2.73. The number of aryl methyl sites for hydroxylation is 2. The molecule has 0 aliphatic heterocycles. The highest BCUT2D eigenvalue weighted by atomic mass is 127. The van der Waals surface area contributed by atoms with Crippen LogP contribution < -0.4 is 0 Å². The number of H-pyrrole nitrogens is 1. The van der Waals surface area contributed by atoms with E-state index in [1.807, 2.05) is 12.1 Å². The summed E-state index contributed by atoms with van der Waals surface area (Å²) < 4.78 is 4.13. The molecule has 0 saturated heterocycles. The minimum absolute atomic E-state index is 0.770. The van der Waals surface area contributed by atoms with E-state index in [-0.39, 0.29) is 0 Å². The number of nitrogens with zero attached hydrogens (tertiary/aromatic N) is 1. The molecule has 2 nitrogen and oxygen atoms in total. The first-order chi connectivity index (χ1) is 9.63. The van der Waals surface area contributed by atoms with Gasteiger partial charge in [-0.05, 0) is 77.1 Å². The van der Waals surface area contributed by atoms with Gasteiger partial charge in [-0.3, -0.25) is 0 Å². The Morgan fingerprint density at radius 3 is 2.65 bits per heavy atom. The Hall–Kier alpha value is -0.850. The summed E-state index contributed by atoms with van der Waals surface area (Å²) in [6.07, 6.45) is 0.935. The van der Waals surface area contributed by atoms with Gasteiger partial charge in [0, 0.05) is 15.1 Å². The van der Waals surface area contributed by atoms with E-state index in [1.165, 1.54) is 9.13 Å². The molecule has 1 aromatic heterocycles. The quantitative estimate of drug-likeness (QED) is 0.461. The zero-order chi connectivity index (χ0) is 14.1. The lowest BCUT2D eigenvalue weighted by Gasteiger charge is -2.05. The first-order valence-corrected chi connectivity index (χ1v) is 8.12. The number of benzene rings is 2. The third-order valence-corrected chi connectivity index (χ3v) is 4.52. The topological polar surface area (TPSA) is 20.7 Å². The maximum Gasteiger partial charge on any atom is 0.178 e. The number of nitrogens with one attached hydrogen (secondary N) is 1. The van der Waals surface area contributed by atoms with Crippen molar-refractivity contribution in [1.82, 2.24) is 9.55 Å². The molecule has 2 aromatic carbocycles. The van der Waals surface area contributed by atoms with E-state index in [9.17, 15) is 0 Å². The van der Waals surface area contributed by atoms with Crippen LogP contribution in [0.2, 0.25) is 5.02 Å². The lowest BCUT2D eigenvalue weighted by atomic mass is 10.1. The fourth-order valence-electron chi connectivity index (χ4n) is 2.25. The summed E-state index contributed by atoms with van der Waals surface area (Å²) in [6.45, 7) is 0.862. The van der Waals surface area contributed by atoms with Gasteiger partial charge in [0.2, 0.25) is 0 Å². The molecule has 1 N–H and O–H groups in total. The van der Waals surface area contributed by atoms with E-state index < -0.39 is 0 Å². The smallest absolute Gasteiger partial charge is 0.178 e. The van der Waals surface area contributed by atoms with Crippen molar-refractivity contribution < 1.29 is 0 Å². The summed E-state index contributed by atoms with van der Waals surface area (Å²) >= 11 is 13.6. The van der Waals surface area contributed by atoms with Crippen LogP contribution >= 0.6 is 46.4 Å². The number of halogens is 2. The molecule has 0 amide bonds. The first kappa shape index (κ1) is 14.1. The number of aromatic amines is 1. The fraction of sp³-hybridized carbons (Fsp3) is 0.133. The van der Waals surface area contributed by atoms with Crippen molar-refractivity contribution in [3.05, 3.63) is 61.4 Å². The number of aromatic nitrogens is 2. The van der Waals surface area contributed by atoms with Gasteiger partial charge in [-0.1, -0.05) is 23.7 Å². The summed E-state index contributed by atoms with van der Waals surface area (Å²) in [5.41, 5.74) is 3.51. The minimum Gasteiger partial charge on any atom is -0.331 e. The predicted octanol–water partition coefficient (Wildman–Crippen LogP) is 5.20. The van der Waals surface area contributed by atoms with Gasteiger partial charge in [0.05, 0.1) is 11.0 Å². The van der Waals surface area contributed by atoms with Gasteiger partial charge in [0.25, 0.3) is 0 Å². The maximum absolute atomic E-state index is 5.90. The van der Waals surface area contributed by atoms with Crippen LogP contribution in [0.4, 0.5) is 0 Å². The highest BCUT2D eigenvalue weighted by Crippen LogP contribution is 2.18. The molecule has 0 atom stereocenters. The van der Waals surface area contributed by atoms with Crippen molar-refractivity contribution in [2.45, 2.75) is 13.0 Å². The van der Waals surface area contributed by atoms with Crippen molar-refractivity contribution in [2.75, 3.05) is 0 Å². The van der Waals surface area contributed by atoms with Gasteiger partial charge in [0.1, 0.15) is 0 Å². The number of hydrogen-bond acceptors (Lipinski definition) is 1. The van der Waals surface area contributed by atoms with Crippen LogP contribution in [0.1, 0.15) is 5.56 Å². The summed E-state index contributed by atoms with van der Waals surface area (Å²) in [4.78, 5) is 3.27. The predicted molar refractivity (Wildman–Crippen MR) is 95.0 cm³/mol. The third kappa shape index (κ3) is 2.92. The highest BCUT2D eigenvalue weighted by Gasteiger charge is 2.05. The van der Waals surface area contributed by atoms with Gasteiger partial charge in [0.15, 0.2) is 4.77 Å². The molecule has 0 aliphatic carbocycles. The largest absolute Gasteiger partial charge is 0.331 e. The minimum atomic E-state index is 0.770. The molecule has 0 aliphatic rings. The van der Waals surface area contributed by atoms with Crippen LogP contribution in [0, 0.1) is 8.34 Å². The van der Waals surface area contributed by atoms with Crippen LogP contribution in [-0.2, 0) is 13.0 Å². The Balaban J connectivity index is 1.89. The van der Waals surface area contributed by atoms with Gasteiger partial charge < -0.3 is 9.55 Å². The maximum atomic E-state index is 5.90. The number of fused-ring (bicyclic) bond motifs is 1. The van der Waals surface area contributed by atoms with Gasteiger partial charge in [-0.25, -0.2) is 0 Å². The lowest BCUT2D eigenvalue weighted by Crippen LogP contribution is -2.01. The molecular weight excluding hydrogens is 403 g/mol. The van der Waals surface area contributed by atoms with E-state index in [1.54, 1.807) is 0 Å². The summed E-state index contributed by atoms with van der Waals surface area (Å²) in [5.74, 6) is 0. The van der Waals surface area contributed by atoms with Crippen molar-refractivity contribution >= 4 is 57.4 Å². The molecule has 3 aromatic rings. The molecule has 3 rings (SSSR count). The first-order valence-electron chi connectivity index (χ1n) is 6.26. The SMILES string of the molecule is S=c1[nH]c2cc(I)ccc2n1CCc1ccc(Cl)cc1. The highest BCUT2D eigenvalue weighted by molar-refractivity contribution is 14.1. The molecule has 0 fully saturated rings. The molecule has 0 saturated carbocycles. The van der Waals surface area contributed by atoms with Crippen molar-refractivity contribution in [3.63, 3.8) is 0 Å². The van der Waals surface area contributed by atoms with Crippen LogP contribution in [0.3, 0.4) is 0 Å². The van der Waals surface area contributed by atoms with Crippen LogP contribution in [0.5, 0.6) is 0 Å². The Labute approximate surface area is 140 Å². The van der Waals surface area contributed by atoms with Crippen LogP contribution in [0.15, 0.2) is 42.5 Å². The Morgan fingerprint density at radius 1 is 1.15 bits per heavy atom. The molecule has 0 spiro atoms. The second-order valence-corrected chi connectivity index (χ2v) is 6.69. The van der Waals surface area contributed by atoms with Gasteiger partial charge in [-0.15, -0.1) is 0 Å². The molecule has 0 bridgehead atoms. The monoisotopic (exact) mass is 414 g/mol. The summed E-state index contributed by atoms with van der Waals surface area (Å²) in [5, 5.41) is 0.770. The van der Waals surface area contributed by atoms with Crippen molar-refractivity contribution in [1.29, 1.82) is 0 Å². The zero-order valence-corrected chi connectivity index (χ0v) is 14.3. The Bertz CT molecular complexity index is 805. The number of rotatable bonds is 3. The van der Waals surface area contributed by atoms with Crippen molar-refractivity contribution in [2.24, 2.45) is 0 Å². The normalized spacial score (nSPS) is 11.1. The zero-order valence-electron chi connectivity index (χ0n) is 10.6. The Morgan fingerprint density at radius 2 is 1.90 bits per heavy atom. The number of imidazole rings is 1. The van der Waals surface area contributed by atoms with Crippen LogP contribution in [-0.4, -0.2) is 9.55 Å². The van der Waals surface area contributed by atoms with Gasteiger partial charge >= 0.3 is 0 Å². The number of hydrogen-bond donors (Lipinski definition) is 1. The third-order valence-electron chi connectivity index (χ3n) is 3.27. The van der Waals surface area contributed by atoms with Crippen LogP contribution in [0.25, 0.3) is 11.0 Å². The Kier molecular flexibility index (Phi) is 4.14. The summed E-state index contributed by atoms with van der Waals surface area (Å²) in [6, 6.07) is 14.3. The molecule has 1 heterocycles. The van der Waals surface area contributed by atoms with Gasteiger partial charge in [-0.2, -0.15) is 0 Å². The van der Waals surface area contributed by atoms with E-state index >= 15 is 0 Å². The molecular formula is C15H12ClIN2S. The molecule has 102 valence electrons. The standard InChI is InChI=1S/C15H12ClIN2S/c16-11-3-1-10(2-4-11)7-8-19-14-6-5-12(17)9-13(14)18-15(19)20/h1-6,9H,7-8H2,(H,18,20). The van der Waals surface area contributed by atoms with E-state index in [0.717, 1.165) is 33.8 Å². The molecule has 0 unspecified atom stereocenters. The average molecular weight is 415 g/mol. The van der Waals surface area contributed by atoms with E-state index in [0.29, 0.717) is 0 Å². The van der Waals surface area contributed by atoms with E-state index in [4.69, 9.17) is 23.8 Å². The second-order valence-electron chi connectivity index (χ2n) is 4.62. The molecule has 5 heteroatoms. The fourth-order valence-corrected chi connectivity index (χ4v) is 3.17. The second kappa shape index (κ2) is 5.87. The molecule has 20 heavy (non-hydrogen) atoms. The summed E-state index contributed by atoms with van der Waals surface area (Å²) in [7, 11) is 0. The molecule has 0 radical (unpaired) electrons.